The van der Waals surface area contributed by atoms with Crippen LogP contribution < -0.4 is 16.0 Å². The van der Waals surface area contributed by atoms with Crippen molar-refractivity contribution in [3.8, 4) is 0 Å². The number of hydrogen-bond acceptors (Lipinski definition) is 4. The Hall–Kier alpha value is -2.11. The van der Waals surface area contributed by atoms with Gasteiger partial charge in [0.15, 0.2) is 0 Å². The third-order valence-electron chi connectivity index (χ3n) is 2.53. The Morgan fingerprint density at radius 1 is 1.30 bits per heavy atom. The fourth-order valence-electron chi connectivity index (χ4n) is 1.61. The van der Waals surface area contributed by atoms with E-state index in [4.69, 9.17) is 0 Å². The second-order valence-corrected chi connectivity index (χ2v) is 5.58. The van der Waals surface area contributed by atoms with E-state index in [1.807, 2.05) is 20.8 Å². The van der Waals surface area contributed by atoms with Gasteiger partial charge in [-0.15, -0.1) is 0 Å². The molecular formula is C14H22N4O2. The molecule has 110 valence electrons. The van der Waals surface area contributed by atoms with Crippen molar-refractivity contribution < 1.29 is 9.59 Å². The molecule has 0 aliphatic carbocycles. The van der Waals surface area contributed by atoms with Crippen LogP contribution in [0.5, 0.6) is 0 Å². The normalized spacial score (nSPS) is 12.4. The van der Waals surface area contributed by atoms with E-state index in [1.165, 1.54) is 0 Å². The number of amides is 2. The first-order chi connectivity index (χ1) is 9.24. The minimum Gasteiger partial charge on any atom is -0.372 e. The van der Waals surface area contributed by atoms with Gasteiger partial charge >= 0.3 is 0 Å². The van der Waals surface area contributed by atoms with E-state index in [-0.39, 0.29) is 17.4 Å². The van der Waals surface area contributed by atoms with Crippen LogP contribution in [0.25, 0.3) is 0 Å². The van der Waals surface area contributed by atoms with Crippen molar-refractivity contribution in [2.45, 2.75) is 39.3 Å². The predicted octanol–water partition coefficient (Wildman–Crippen LogP) is 1.16. The number of nitrogens with one attached hydrogen (secondary N) is 3. The Kier molecular flexibility index (Phi) is 5.07. The van der Waals surface area contributed by atoms with E-state index >= 15 is 0 Å². The molecule has 6 heteroatoms. The van der Waals surface area contributed by atoms with Crippen LogP contribution in [0.3, 0.4) is 0 Å². The maximum Gasteiger partial charge on any atom is 0.255 e. The van der Waals surface area contributed by atoms with Gasteiger partial charge < -0.3 is 16.0 Å². The predicted molar refractivity (Wildman–Crippen MR) is 78.6 cm³/mol. The number of carbonyl (C=O) groups excluding carboxylic acids is 2. The zero-order valence-electron chi connectivity index (χ0n) is 12.6. The molecule has 2 amide bonds. The van der Waals surface area contributed by atoms with Crippen molar-refractivity contribution in [1.29, 1.82) is 0 Å². The summed E-state index contributed by atoms with van der Waals surface area (Å²) in [5.41, 5.74) is 0.0750. The van der Waals surface area contributed by atoms with Crippen LogP contribution in [0.1, 0.15) is 38.1 Å². The molecule has 1 atom stereocenters. The van der Waals surface area contributed by atoms with Gasteiger partial charge in [0.2, 0.25) is 5.91 Å². The van der Waals surface area contributed by atoms with E-state index in [2.05, 4.69) is 20.9 Å². The topological polar surface area (TPSA) is 83.1 Å². The number of nitrogens with zero attached hydrogens (tertiary/aromatic N) is 1. The van der Waals surface area contributed by atoms with Gasteiger partial charge in [-0.3, -0.25) is 9.59 Å². The Bertz CT molecular complexity index is 494. The van der Waals surface area contributed by atoms with Crippen molar-refractivity contribution in [2.75, 3.05) is 12.4 Å². The summed E-state index contributed by atoms with van der Waals surface area (Å²) in [5, 5.41) is 8.33. The average Bonchev–Trinajstić information content (AvgIpc) is 2.36. The molecule has 1 rings (SSSR count). The number of carbonyl (C=O) groups is 2. The maximum absolute atomic E-state index is 12.1. The van der Waals surface area contributed by atoms with E-state index < -0.39 is 6.04 Å². The summed E-state index contributed by atoms with van der Waals surface area (Å²) in [6, 6.07) is 2.71. The smallest absolute Gasteiger partial charge is 0.255 e. The average molecular weight is 278 g/mol. The van der Waals surface area contributed by atoms with Gasteiger partial charge in [-0.25, -0.2) is 4.98 Å². The Morgan fingerprint density at radius 2 is 1.95 bits per heavy atom. The number of hydrogen-bond donors (Lipinski definition) is 3. The van der Waals surface area contributed by atoms with Gasteiger partial charge in [0.05, 0.1) is 5.56 Å². The summed E-state index contributed by atoms with van der Waals surface area (Å²) >= 11 is 0. The van der Waals surface area contributed by atoms with Crippen molar-refractivity contribution in [1.82, 2.24) is 15.6 Å². The van der Waals surface area contributed by atoms with Crippen LogP contribution in [0.4, 0.5) is 5.82 Å². The van der Waals surface area contributed by atoms with Crippen LogP contribution in [0.2, 0.25) is 0 Å². The molecule has 0 bridgehead atoms. The molecule has 0 spiro atoms. The van der Waals surface area contributed by atoms with Crippen molar-refractivity contribution in [3.05, 3.63) is 23.9 Å². The van der Waals surface area contributed by atoms with Crippen molar-refractivity contribution >= 4 is 17.6 Å². The highest BCUT2D eigenvalue weighted by molar-refractivity contribution is 6.01. The summed E-state index contributed by atoms with van der Waals surface area (Å²) < 4.78 is 0. The molecular weight excluding hydrogens is 256 g/mol. The SMILES string of the molecule is CNc1ncccc1C(=O)NC(C)C(=O)NC(C)(C)C. The third kappa shape index (κ3) is 4.53. The molecule has 6 nitrogen and oxygen atoms in total. The van der Waals surface area contributed by atoms with E-state index in [9.17, 15) is 9.59 Å². The third-order valence-corrected chi connectivity index (χ3v) is 2.53. The zero-order valence-corrected chi connectivity index (χ0v) is 12.6. The monoisotopic (exact) mass is 278 g/mol. The lowest BCUT2D eigenvalue weighted by Crippen LogP contribution is -2.50. The van der Waals surface area contributed by atoms with Crippen molar-refractivity contribution in [3.63, 3.8) is 0 Å². The minimum atomic E-state index is -0.619. The molecule has 0 radical (unpaired) electrons. The lowest BCUT2D eigenvalue weighted by atomic mass is 10.1. The number of pyridine rings is 1. The molecule has 0 aliphatic heterocycles. The number of rotatable bonds is 4. The zero-order chi connectivity index (χ0) is 15.3. The maximum atomic E-state index is 12.1. The van der Waals surface area contributed by atoms with Crippen LogP contribution in [-0.2, 0) is 4.79 Å². The van der Waals surface area contributed by atoms with Gasteiger partial charge in [-0.05, 0) is 39.8 Å². The summed E-state index contributed by atoms with van der Waals surface area (Å²) in [5.74, 6) is -0.0758. The Balaban J connectivity index is 2.73. The quantitative estimate of drug-likeness (QED) is 0.771. The molecule has 0 saturated carbocycles. The van der Waals surface area contributed by atoms with Crippen LogP contribution in [0, 0.1) is 0 Å². The van der Waals surface area contributed by atoms with E-state index in [0.717, 1.165) is 0 Å². The second kappa shape index (κ2) is 6.36. The second-order valence-electron chi connectivity index (χ2n) is 5.58. The van der Waals surface area contributed by atoms with Crippen LogP contribution >= 0.6 is 0 Å². The highest BCUT2D eigenvalue weighted by atomic mass is 16.2. The first-order valence-corrected chi connectivity index (χ1v) is 6.50. The Labute approximate surface area is 119 Å². The first-order valence-electron chi connectivity index (χ1n) is 6.50. The minimum absolute atomic E-state index is 0.222. The van der Waals surface area contributed by atoms with Gasteiger partial charge in [0, 0.05) is 18.8 Å². The molecule has 1 aromatic rings. The fourth-order valence-corrected chi connectivity index (χ4v) is 1.61. The summed E-state index contributed by atoms with van der Waals surface area (Å²) in [6.45, 7) is 7.31. The van der Waals surface area contributed by atoms with Crippen molar-refractivity contribution in [2.24, 2.45) is 0 Å². The summed E-state index contributed by atoms with van der Waals surface area (Å²) in [6.07, 6.45) is 1.60. The first kappa shape index (κ1) is 15.9. The molecule has 1 unspecified atom stereocenters. The van der Waals surface area contributed by atoms with Gasteiger partial charge in [0.1, 0.15) is 11.9 Å². The molecule has 0 aromatic carbocycles. The largest absolute Gasteiger partial charge is 0.372 e. The molecule has 1 aromatic heterocycles. The van der Waals surface area contributed by atoms with Gasteiger partial charge in [-0.1, -0.05) is 0 Å². The van der Waals surface area contributed by atoms with E-state index in [1.54, 1.807) is 32.3 Å². The lowest BCUT2D eigenvalue weighted by molar-refractivity contribution is -0.124. The summed E-state index contributed by atoms with van der Waals surface area (Å²) in [7, 11) is 1.69. The fraction of sp³-hybridized carbons (Fsp3) is 0.500. The van der Waals surface area contributed by atoms with Crippen LogP contribution in [-0.4, -0.2) is 35.4 Å². The highest BCUT2D eigenvalue weighted by Gasteiger charge is 2.22. The standard InChI is InChI=1S/C14H22N4O2/c1-9(12(19)18-14(2,3)4)17-13(20)10-7-6-8-16-11(10)15-5/h6-9H,1-5H3,(H,15,16)(H,17,20)(H,18,19). The highest BCUT2D eigenvalue weighted by Crippen LogP contribution is 2.10. The molecule has 0 fully saturated rings. The summed E-state index contributed by atoms with van der Waals surface area (Å²) in [4.78, 5) is 28.1. The molecule has 0 aliphatic rings. The lowest BCUT2D eigenvalue weighted by Gasteiger charge is -2.23. The van der Waals surface area contributed by atoms with Gasteiger partial charge in [-0.2, -0.15) is 0 Å². The molecule has 20 heavy (non-hydrogen) atoms. The molecule has 1 heterocycles. The Morgan fingerprint density at radius 3 is 2.50 bits per heavy atom. The molecule has 0 saturated heterocycles. The van der Waals surface area contributed by atoms with Crippen LogP contribution in [0.15, 0.2) is 18.3 Å². The van der Waals surface area contributed by atoms with E-state index in [0.29, 0.717) is 11.4 Å². The number of anilines is 1. The van der Waals surface area contributed by atoms with Gasteiger partial charge in [0.25, 0.3) is 5.91 Å². The number of aromatic nitrogens is 1. The molecule has 3 N–H and O–H groups in total.